The maximum absolute atomic E-state index is 9.88. The molecular formula is C21H39NO2. The first-order chi connectivity index (χ1) is 11.7. The van der Waals surface area contributed by atoms with Gasteiger partial charge in [0, 0.05) is 6.42 Å². The molecule has 140 valence electrons. The number of aliphatic hydroxyl groups is 1. The molecule has 3 heteroatoms. The Labute approximate surface area is 149 Å². The first-order valence-electron chi connectivity index (χ1n) is 10.3. The highest BCUT2D eigenvalue weighted by molar-refractivity contribution is 5.77. The van der Waals surface area contributed by atoms with Gasteiger partial charge in [0.25, 0.3) is 0 Å². The minimum absolute atomic E-state index is 0.137. The fourth-order valence-electron chi connectivity index (χ4n) is 3.04. The lowest BCUT2D eigenvalue weighted by atomic mass is 10.1. The van der Waals surface area contributed by atoms with Crippen molar-refractivity contribution < 1.29 is 9.84 Å². The molecule has 1 rings (SSSR count). The largest absolute Gasteiger partial charge is 0.476 e. The van der Waals surface area contributed by atoms with Gasteiger partial charge in [0.1, 0.15) is 6.10 Å². The van der Waals surface area contributed by atoms with E-state index in [1.165, 1.54) is 57.8 Å². The summed E-state index contributed by atoms with van der Waals surface area (Å²) in [5.74, 6) is 0.971. The van der Waals surface area contributed by atoms with Gasteiger partial charge in [-0.25, -0.2) is 0 Å². The molecule has 0 aliphatic carbocycles. The summed E-state index contributed by atoms with van der Waals surface area (Å²) >= 11 is 0. The Bertz CT molecular complexity index is 352. The lowest BCUT2D eigenvalue weighted by Gasteiger charge is -2.07. The van der Waals surface area contributed by atoms with E-state index in [2.05, 4.69) is 31.0 Å². The van der Waals surface area contributed by atoms with Crippen LogP contribution in [0.1, 0.15) is 97.3 Å². The third-order valence-electron chi connectivity index (χ3n) is 4.59. The second kappa shape index (κ2) is 14.5. The number of ether oxygens (including phenoxy) is 1. The summed E-state index contributed by atoms with van der Waals surface area (Å²) in [5, 5.41) is 9.88. The van der Waals surface area contributed by atoms with E-state index in [1.807, 2.05) is 0 Å². The number of hydrogen-bond donors (Lipinski definition) is 1. The highest BCUT2D eigenvalue weighted by Crippen LogP contribution is 2.13. The number of rotatable bonds is 15. The maximum atomic E-state index is 9.88. The van der Waals surface area contributed by atoms with Crippen LogP contribution in [-0.2, 0) is 4.74 Å². The second-order valence-electron chi connectivity index (χ2n) is 7.18. The number of allylic oxidation sites excluding steroid dienone is 1. The molecule has 2 unspecified atom stereocenters. The Morgan fingerprint density at radius 1 is 1.08 bits per heavy atom. The van der Waals surface area contributed by atoms with Gasteiger partial charge in [-0.2, -0.15) is 0 Å². The molecule has 0 saturated heterocycles. The van der Waals surface area contributed by atoms with Crippen LogP contribution >= 0.6 is 0 Å². The number of aliphatic imine (C=N–C) groups is 1. The van der Waals surface area contributed by atoms with Gasteiger partial charge in [-0.15, -0.1) is 0 Å². The fourth-order valence-corrected chi connectivity index (χ4v) is 3.04. The Hall–Kier alpha value is -0.830. The Morgan fingerprint density at radius 2 is 1.83 bits per heavy atom. The average Bonchev–Trinajstić information content (AvgIpc) is 2.98. The summed E-state index contributed by atoms with van der Waals surface area (Å²) in [6, 6.07) is 0. The van der Waals surface area contributed by atoms with Crippen molar-refractivity contribution in [2.24, 2.45) is 4.99 Å². The average molecular weight is 338 g/mol. The summed E-state index contributed by atoms with van der Waals surface area (Å²) in [4.78, 5) is 4.39. The summed E-state index contributed by atoms with van der Waals surface area (Å²) in [5.41, 5.74) is 0. The lowest BCUT2D eigenvalue weighted by Crippen LogP contribution is -2.07. The predicted octanol–water partition coefficient (Wildman–Crippen LogP) is 5.81. The minimum atomic E-state index is -0.137. The zero-order chi connectivity index (χ0) is 17.5. The Kier molecular flexibility index (Phi) is 12.8. The van der Waals surface area contributed by atoms with E-state index >= 15 is 0 Å². The van der Waals surface area contributed by atoms with Crippen LogP contribution in [0, 0.1) is 0 Å². The van der Waals surface area contributed by atoms with Crippen LogP contribution in [0.3, 0.4) is 0 Å². The Balaban J connectivity index is 1.82. The number of hydrogen-bond acceptors (Lipinski definition) is 3. The van der Waals surface area contributed by atoms with Crippen molar-refractivity contribution >= 4 is 5.90 Å². The molecule has 2 atom stereocenters. The standard InChI is InChI=1S/C21H39NO2/c1-3-4-5-12-15-20(23)16-13-10-8-6-7-9-11-14-17-21-22-18-19(2)24-21/h10,13,19-20,23H,3-9,11-12,14-18H2,1-2H3/b13-10+. The zero-order valence-corrected chi connectivity index (χ0v) is 16.0. The quantitative estimate of drug-likeness (QED) is 0.302. The first kappa shape index (κ1) is 21.2. The predicted molar refractivity (Wildman–Crippen MR) is 104 cm³/mol. The summed E-state index contributed by atoms with van der Waals surface area (Å²) in [7, 11) is 0. The SMILES string of the molecule is CCCCCCC(O)C/C=C/CCCCCCCC1=NCC(C)O1. The third kappa shape index (κ3) is 11.7. The topological polar surface area (TPSA) is 41.8 Å². The third-order valence-corrected chi connectivity index (χ3v) is 4.59. The molecule has 1 aliphatic rings. The van der Waals surface area contributed by atoms with E-state index in [-0.39, 0.29) is 6.10 Å². The molecule has 0 aromatic heterocycles. The van der Waals surface area contributed by atoms with Crippen molar-refractivity contribution in [1.29, 1.82) is 0 Å². The molecule has 0 saturated carbocycles. The highest BCUT2D eigenvalue weighted by Gasteiger charge is 2.13. The van der Waals surface area contributed by atoms with Gasteiger partial charge in [0.05, 0.1) is 12.6 Å². The normalized spacial score (nSPS) is 18.8. The van der Waals surface area contributed by atoms with Gasteiger partial charge in [-0.3, -0.25) is 4.99 Å². The minimum Gasteiger partial charge on any atom is -0.476 e. The van der Waals surface area contributed by atoms with E-state index in [9.17, 15) is 5.11 Å². The Morgan fingerprint density at radius 3 is 2.58 bits per heavy atom. The molecular weight excluding hydrogens is 298 g/mol. The molecule has 1 N–H and O–H groups in total. The van der Waals surface area contributed by atoms with Gasteiger partial charge in [0.2, 0.25) is 0 Å². The number of aliphatic hydroxyl groups excluding tert-OH is 1. The van der Waals surface area contributed by atoms with E-state index < -0.39 is 0 Å². The monoisotopic (exact) mass is 337 g/mol. The van der Waals surface area contributed by atoms with Crippen LogP contribution in [-0.4, -0.2) is 29.8 Å². The zero-order valence-electron chi connectivity index (χ0n) is 16.0. The van der Waals surface area contributed by atoms with E-state index in [0.717, 1.165) is 38.1 Å². The second-order valence-corrected chi connectivity index (χ2v) is 7.18. The smallest absolute Gasteiger partial charge is 0.183 e. The van der Waals surface area contributed by atoms with Crippen LogP contribution < -0.4 is 0 Å². The molecule has 0 spiro atoms. The van der Waals surface area contributed by atoms with Crippen LogP contribution in [0.15, 0.2) is 17.1 Å². The van der Waals surface area contributed by atoms with Gasteiger partial charge >= 0.3 is 0 Å². The fraction of sp³-hybridized carbons (Fsp3) is 0.857. The maximum Gasteiger partial charge on any atom is 0.183 e. The van der Waals surface area contributed by atoms with Gasteiger partial charge in [0.15, 0.2) is 5.90 Å². The molecule has 0 amide bonds. The first-order valence-corrected chi connectivity index (χ1v) is 10.3. The molecule has 1 aliphatic heterocycles. The number of nitrogens with zero attached hydrogens (tertiary/aromatic N) is 1. The molecule has 24 heavy (non-hydrogen) atoms. The van der Waals surface area contributed by atoms with Crippen molar-refractivity contribution in [3.63, 3.8) is 0 Å². The van der Waals surface area contributed by atoms with Crippen LogP contribution in [0.2, 0.25) is 0 Å². The van der Waals surface area contributed by atoms with Crippen LogP contribution in [0.4, 0.5) is 0 Å². The molecule has 3 nitrogen and oxygen atoms in total. The lowest BCUT2D eigenvalue weighted by molar-refractivity contribution is 0.163. The van der Waals surface area contributed by atoms with Crippen molar-refractivity contribution in [2.45, 2.75) is 110 Å². The van der Waals surface area contributed by atoms with E-state index in [4.69, 9.17) is 4.74 Å². The van der Waals surface area contributed by atoms with Crippen molar-refractivity contribution in [3.8, 4) is 0 Å². The van der Waals surface area contributed by atoms with Crippen LogP contribution in [0.25, 0.3) is 0 Å². The van der Waals surface area contributed by atoms with Crippen molar-refractivity contribution in [2.75, 3.05) is 6.54 Å². The molecule has 0 radical (unpaired) electrons. The summed E-state index contributed by atoms with van der Waals surface area (Å²) in [6.07, 6.45) is 19.8. The molecule has 0 bridgehead atoms. The summed E-state index contributed by atoms with van der Waals surface area (Å²) < 4.78 is 5.61. The van der Waals surface area contributed by atoms with Crippen molar-refractivity contribution in [3.05, 3.63) is 12.2 Å². The number of unbranched alkanes of at least 4 members (excludes halogenated alkanes) is 8. The van der Waals surface area contributed by atoms with E-state index in [1.54, 1.807) is 0 Å². The van der Waals surface area contributed by atoms with Crippen LogP contribution in [0.5, 0.6) is 0 Å². The van der Waals surface area contributed by atoms with Gasteiger partial charge < -0.3 is 9.84 Å². The highest BCUT2D eigenvalue weighted by atomic mass is 16.5. The molecule has 0 fully saturated rings. The summed E-state index contributed by atoms with van der Waals surface area (Å²) in [6.45, 7) is 5.14. The van der Waals surface area contributed by atoms with Gasteiger partial charge in [-0.1, -0.05) is 64.0 Å². The molecule has 1 heterocycles. The molecule has 0 aromatic carbocycles. The van der Waals surface area contributed by atoms with Crippen molar-refractivity contribution in [1.82, 2.24) is 0 Å². The molecule has 0 aromatic rings. The van der Waals surface area contributed by atoms with Gasteiger partial charge in [-0.05, 0) is 39.0 Å². The van der Waals surface area contributed by atoms with E-state index in [0.29, 0.717) is 6.10 Å².